The van der Waals surface area contributed by atoms with Crippen molar-refractivity contribution in [1.29, 1.82) is 0 Å². The molecule has 0 spiro atoms. The summed E-state index contributed by atoms with van der Waals surface area (Å²) in [5, 5.41) is 6.17. The largest absolute Gasteiger partial charge is 0.368 e. The van der Waals surface area contributed by atoms with Crippen LogP contribution in [0.25, 0.3) is 21.3 Å². The van der Waals surface area contributed by atoms with Crippen LogP contribution < -0.4 is 11.1 Å². The van der Waals surface area contributed by atoms with E-state index in [1.807, 2.05) is 60.7 Å². The van der Waals surface area contributed by atoms with Crippen LogP contribution in [0.1, 0.15) is 11.6 Å². The van der Waals surface area contributed by atoms with Crippen LogP contribution in [0.4, 0.5) is 5.82 Å². The van der Waals surface area contributed by atoms with E-state index in [0.717, 1.165) is 26.9 Å². The quantitative estimate of drug-likeness (QED) is 0.564. The number of nitrogens with one attached hydrogen (secondary N) is 1. The van der Waals surface area contributed by atoms with Gasteiger partial charge in [-0.15, -0.1) is 11.3 Å². The van der Waals surface area contributed by atoms with E-state index in [4.69, 9.17) is 5.73 Å². The summed E-state index contributed by atoms with van der Waals surface area (Å²) in [7, 11) is 0. The van der Waals surface area contributed by atoms with Crippen molar-refractivity contribution < 1.29 is 4.79 Å². The fourth-order valence-electron chi connectivity index (χ4n) is 2.92. The van der Waals surface area contributed by atoms with Crippen LogP contribution in [-0.2, 0) is 4.79 Å². The molecule has 0 bridgehead atoms. The lowest BCUT2D eigenvalue weighted by molar-refractivity contribution is -0.118. The Kier molecular flexibility index (Phi) is 4.33. The highest BCUT2D eigenvalue weighted by Gasteiger charge is 2.21. The first kappa shape index (κ1) is 16.2. The van der Waals surface area contributed by atoms with Gasteiger partial charge in [-0.3, -0.25) is 4.79 Å². The minimum absolute atomic E-state index is 0.459. The number of fused-ring (bicyclic) bond motifs is 1. The van der Waals surface area contributed by atoms with Crippen molar-refractivity contribution in [3.05, 3.63) is 77.9 Å². The third-order valence-corrected chi connectivity index (χ3v) is 5.04. The van der Waals surface area contributed by atoms with Gasteiger partial charge in [-0.25, -0.2) is 9.97 Å². The molecule has 1 amide bonds. The van der Waals surface area contributed by atoms with Gasteiger partial charge >= 0.3 is 0 Å². The van der Waals surface area contributed by atoms with Gasteiger partial charge in [0.05, 0.1) is 5.39 Å². The van der Waals surface area contributed by atoms with Crippen molar-refractivity contribution in [3.63, 3.8) is 0 Å². The molecule has 5 nitrogen and oxygen atoms in total. The number of hydrogen-bond donors (Lipinski definition) is 2. The number of anilines is 1. The average molecular weight is 360 g/mol. The molecule has 128 valence electrons. The zero-order valence-electron chi connectivity index (χ0n) is 13.8. The number of hydrogen-bond acceptors (Lipinski definition) is 5. The Hall–Kier alpha value is -3.25. The second kappa shape index (κ2) is 6.93. The van der Waals surface area contributed by atoms with Gasteiger partial charge in [0.1, 0.15) is 23.0 Å². The van der Waals surface area contributed by atoms with E-state index in [9.17, 15) is 4.79 Å². The predicted octanol–water partition coefficient (Wildman–Crippen LogP) is 4.00. The number of amides is 1. The summed E-state index contributed by atoms with van der Waals surface area (Å²) < 4.78 is 0. The molecule has 1 unspecified atom stereocenters. The summed E-state index contributed by atoms with van der Waals surface area (Å²) in [5.74, 6) is 0.141. The zero-order valence-corrected chi connectivity index (χ0v) is 14.6. The average Bonchev–Trinajstić information content (AvgIpc) is 3.12. The van der Waals surface area contributed by atoms with Gasteiger partial charge in [0, 0.05) is 10.9 Å². The maximum atomic E-state index is 12.1. The van der Waals surface area contributed by atoms with E-state index in [-0.39, 0.29) is 0 Å². The number of benzene rings is 2. The molecule has 0 radical (unpaired) electrons. The van der Waals surface area contributed by atoms with Crippen LogP contribution in [0.3, 0.4) is 0 Å². The summed E-state index contributed by atoms with van der Waals surface area (Å²) >= 11 is 1.55. The highest BCUT2D eigenvalue weighted by Crippen LogP contribution is 2.37. The fraction of sp³-hybridized carbons (Fsp3) is 0.0500. The van der Waals surface area contributed by atoms with E-state index in [1.165, 1.54) is 6.33 Å². The minimum atomic E-state index is -0.669. The number of primary amides is 1. The van der Waals surface area contributed by atoms with Gasteiger partial charge < -0.3 is 11.1 Å². The van der Waals surface area contributed by atoms with E-state index in [0.29, 0.717) is 5.82 Å². The Morgan fingerprint density at radius 3 is 2.38 bits per heavy atom. The van der Waals surface area contributed by atoms with Crippen molar-refractivity contribution in [2.45, 2.75) is 6.04 Å². The van der Waals surface area contributed by atoms with Crippen LogP contribution in [0.2, 0.25) is 0 Å². The van der Waals surface area contributed by atoms with Gasteiger partial charge in [0.15, 0.2) is 0 Å². The predicted molar refractivity (Wildman–Crippen MR) is 105 cm³/mol. The molecule has 26 heavy (non-hydrogen) atoms. The molecule has 2 aromatic carbocycles. The second-order valence-corrected chi connectivity index (χ2v) is 6.67. The summed E-state index contributed by atoms with van der Waals surface area (Å²) in [6, 6.07) is 18.8. The van der Waals surface area contributed by atoms with Crippen molar-refractivity contribution in [3.8, 4) is 11.1 Å². The molecular weight excluding hydrogens is 344 g/mol. The molecule has 0 aliphatic heterocycles. The first-order valence-corrected chi connectivity index (χ1v) is 9.00. The molecule has 0 saturated carbocycles. The Morgan fingerprint density at radius 2 is 1.69 bits per heavy atom. The number of carbonyl (C=O) groups is 1. The summed E-state index contributed by atoms with van der Waals surface area (Å²) in [5.41, 5.74) is 8.55. The topological polar surface area (TPSA) is 80.9 Å². The van der Waals surface area contributed by atoms with Crippen molar-refractivity contribution >= 4 is 33.3 Å². The molecule has 6 heteroatoms. The van der Waals surface area contributed by atoms with E-state index in [2.05, 4.69) is 20.7 Å². The molecule has 2 heterocycles. The van der Waals surface area contributed by atoms with Crippen LogP contribution in [0.5, 0.6) is 0 Å². The molecule has 3 N–H and O–H groups in total. The van der Waals surface area contributed by atoms with E-state index in [1.54, 1.807) is 11.3 Å². The maximum absolute atomic E-state index is 12.1. The molecule has 0 aliphatic rings. The smallest absolute Gasteiger partial charge is 0.244 e. The Bertz CT molecular complexity index is 1050. The molecule has 0 saturated heterocycles. The molecule has 0 aliphatic carbocycles. The van der Waals surface area contributed by atoms with Gasteiger partial charge in [-0.1, -0.05) is 60.7 Å². The minimum Gasteiger partial charge on any atom is -0.368 e. The lowest BCUT2D eigenvalue weighted by atomic mass is 10.0. The number of nitrogens with zero attached hydrogens (tertiary/aromatic N) is 2. The molecular formula is C20H16N4OS. The number of aromatic nitrogens is 2. The Morgan fingerprint density at radius 1 is 1.00 bits per heavy atom. The van der Waals surface area contributed by atoms with Crippen LogP contribution in [0, 0.1) is 0 Å². The molecule has 1 atom stereocenters. The summed E-state index contributed by atoms with van der Waals surface area (Å²) in [6.45, 7) is 0. The van der Waals surface area contributed by atoms with Crippen molar-refractivity contribution in [1.82, 2.24) is 9.97 Å². The second-order valence-electron chi connectivity index (χ2n) is 5.81. The fourth-order valence-corrected chi connectivity index (χ4v) is 3.83. The number of rotatable bonds is 5. The molecule has 2 aromatic heterocycles. The normalized spacial score (nSPS) is 12.0. The number of thiophene rings is 1. The van der Waals surface area contributed by atoms with Crippen molar-refractivity contribution in [2.75, 3.05) is 5.32 Å². The highest BCUT2D eigenvalue weighted by molar-refractivity contribution is 7.17. The van der Waals surface area contributed by atoms with Crippen LogP contribution in [-0.4, -0.2) is 15.9 Å². The SMILES string of the molecule is NC(=O)C(Nc1ncnc2scc(-c3ccccc3)c12)c1ccccc1. The zero-order chi connectivity index (χ0) is 17.9. The summed E-state index contributed by atoms with van der Waals surface area (Å²) in [4.78, 5) is 21.7. The van der Waals surface area contributed by atoms with Gasteiger partial charge in [0.2, 0.25) is 5.91 Å². The third-order valence-electron chi connectivity index (χ3n) is 4.15. The van der Waals surface area contributed by atoms with Gasteiger partial charge in [0.25, 0.3) is 0 Å². The number of nitrogens with two attached hydrogens (primary N) is 1. The van der Waals surface area contributed by atoms with Gasteiger partial charge in [-0.05, 0) is 11.1 Å². The first-order valence-electron chi connectivity index (χ1n) is 8.12. The molecule has 0 fully saturated rings. The Balaban J connectivity index is 1.81. The lowest BCUT2D eigenvalue weighted by Gasteiger charge is -2.17. The Labute approximate surface area is 154 Å². The molecule has 4 rings (SSSR count). The maximum Gasteiger partial charge on any atom is 0.244 e. The van der Waals surface area contributed by atoms with Gasteiger partial charge in [-0.2, -0.15) is 0 Å². The first-order chi connectivity index (χ1) is 12.7. The van der Waals surface area contributed by atoms with Crippen LogP contribution in [0.15, 0.2) is 72.4 Å². The standard InChI is InChI=1S/C20H16N4OS/c21-18(25)17(14-9-5-2-6-10-14)24-19-16-15(13-7-3-1-4-8-13)11-26-20(16)23-12-22-19/h1-12,17H,(H2,21,25)(H,22,23,24). The lowest BCUT2D eigenvalue weighted by Crippen LogP contribution is -2.28. The van der Waals surface area contributed by atoms with E-state index < -0.39 is 11.9 Å². The monoisotopic (exact) mass is 360 g/mol. The third kappa shape index (κ3) is 3.02. The van der Waals surface area contributed by atoms with E-state index >= 15 is 0 Å². The van der Waals surface area contributed by atoms with Crippen molar-refractivity contribution in [2.24, 2.45) is 5.73 Å². The number of carbonyl (C=O) groups excluding carboxylic acids is 1. The van der Waals surface area contributed by atoms with Crippen LogP contribution >= 0.6 is 11.3 Å². The molecule has 4 aromatic rings. The summed E-state index contributed by atoms with van der Waals surface area (Å²) in [6.07, 6.45) is 1.50. The highest BCUT2D eigenvalue weighted by atomic mass is 32.1.